The Labute approximate surface area is 285 Å². The molecule has 4 bridgehead atoms. The smallest absolute Gasteiger partial charge is 0.407 e. The van der Waals surface area contributed by atoms with E-state index in [-0.39, 0.29) is 30.7 Å². The quantitative estimate of drug-likeness (QED) is 0.153. The van der Waals surface area contributed by atoms with Crippen LogP contribution in [0.15, 0.2) is 65.1 Å². The number of rotatable bonds is 8. The Kier molecular flexibility index (Phi) is 12.9. The highest BCUT2D eigenvalue weighted by molar-refractivity contribution is 9.10. The van der Waals surface area contributed by atoms with Crippen molar-refractivity contribution in [1.82, 2.24) is 16.0 Å². The van der Waals surface area contributed by atoms with E-state index in [1.54, 1.807) is 0 Å². The predicted molar refractivity (Wildman–Crippen MR) is 186 cm³/mol. The van der Waals surface area contributed by atoms with Gasteiger partial charge in [-0.3, -0.25) is 9.59 Å². The highest BCUT2D eigenvalue weighted by Gasteiger charge is 2.20. The Hall–Kier alpha value is -4.25. The third kappa shape index (κ3) is 12.1. The molecule has 3 aromatic carbocycles. The number of carbonyl (C=O) groups excluding carboxylic acids is 3. The molecule has 0 radical (unpaired) electrons. The molecule has 1 atom stereocenters. The van der Waals surface area contributed by atoms with E-state index in [9.17, 15) is 14.4 Å². The average Bonchev–Trinajstić information content (AvgIpc) is 3.00. The van der Waals surface area contributed by atoms with Crippen molar-refractivity contribution >= 4 is 39.5 Å². The molecule has 0 fully saturated rings. The Balaban J connectivity index is 1.46. The molecule has 3 amide bonds. The number of aryl methyl sites for hydroxylation is 1. The first-order valence-corrected chi connectivity index (χ1v) is 16.8. The molecular formula is C36H45BrN4O6. The maximum atomic E-state index is 13.0. The van der Waals surface area contributed by atoms with Crippen molar-refractivity contribution in [2.45, 2.75) is 84.0 Å². The number of unbranched alkanes of at least 4 members (excludes halogenated alkanes) is 1. The lowest BCUT2D eigenvalue weighted by Gasteiger charge is -2.21. The molecule has 2 aliphatic rings. The topological polar surface area (TPSA) is 141 Å². The summed E-state index contributed by atoms with van der Waals surface area (Å²) in [7, 11) is 0. The van der Waals surface area contributed by atoms with Gasteiger partial charge in [0.2, 0.25) is 11.8 Å². The molecule has 2 heterocycles. The fourth-order valence-corrected chi connectivity index (χ4v) is 5.73. The lowest BCUT2D eigenvalue weighted by atomic mass is 10.0. The van der Waals surface area contributed by atoms with Gasteiger partial charge >= 0.3 is 6.09 Å². The van der Waals surface area contributed by atoms with Crippen molar-refractivity contribution in [2.24, 2.45) is 0 Å². The number of hydrogen-bond donors (Lipinski definition) is 4. The van der Waals surface area contributed by atoms with Crippen LogP contribution in [0.1, 0.15) is 69.6 Å². The summed E-state index contributed by atoms with van der Waals surface area (Å²) in [5, 5.41) is 8.79. The van der Waals surface area contributed by atoms with Gasteiger partial charge in [0.1, 0.15) is 12.2 Å². The van der Waals surface area contributed by atoms with E-state index >= 15 is 0 Å². The van der Waals surface area contributed by atoms with E-state index in [1.165, 1.54) is 0 Å². The molecule has 0 aliphatic carbocycles. The van der Waals surface area contributed by atoms with Gasteiger partial charge in [-0.1, -0.05) is 36.4 Å². The lowest BCUT2D eigenvalue weighted by molar-refractivity contribution is -0.123. The summed E-state index contributed by atoms with van der Waals surface area (Å²) in [4.78, 5) is 37.9. The minimum absolute atomic E-state index is 0.144. The van der Waals surface area contributed by atoms with Crippen LogP contribution in [0.4, 0.5) is 10.5 Å². The molecule has 11 heteroatoms. The van der Waals surface area contributed by atoms with Gasteiger partial charge in [-0.15, -0.1) is 0 Å². The van der Waals surface area contributed by atoms with Crippen LogP contribution >= 0.6 is 15.9 Å². The molecule has 10 nitrogen and oxygen atoms in total. The van der Waals surface area contributed by atoms with Crippen LogP contribution in [-0.2, 0) is 33.8 Å². The van der Waals surface area contributed by atoms with Crippen LogP contribution in [0.2, 0.25) is 0 Å². The Morgan fingerprint density at radius 2 is 1.77 bits per heavy atom. The van der Waals surface area contributed by atoms with Gasteiger partial charge in [-0.25, -0.2) is 4.79 Å². The second-order valence-electron chi connectivity index (χ2n) is 12.6. The lowest BCUT2D eigenvalue weighted by Crippen LogP contribution is -2.40. The van der Waals surface area contributed by atoms with Crippen molar-refractivity contribution < 1.29 is 28.6 Å². The van der Waals surface area contributed by atoms with Gasteiger partial charge in [0.15, 0.2) is 17.2 Å². The number of alkyl carbamates (subject to hydrolysis) is 1. The zero-order valence-electron chi connectivity index (χ0n) is 27.3. The summed E-state index contributed by atoms with van der Waals surface area (Å²) in [5.41, 5.74) is 9.14. The zero-order valence-corrected chi connectivity index (χ0v) is 28.9. The normalized spacial score (nSPS) is 15.8. The number of hydrogen-bond acceptors (Lipinski definition) is 7. The number of anilines is 1. The molecule has 0 aromatic heterocycles. The summed E-state index contributed by atoms with van der Waals surface area (Å²) < 4.78 is 18.5. The molecule has 5 rings (SSSR count). The zero-order chi connectivity index (χ0) is 33.8. The fourth-order valence-electron chi connectivity index (χ4n) is 5.12. The summed E-state index contributed by atoms with van der Waals surface area (Å²) >= 11 is 3.66. The van der Waals surface area contributed by atoms with E-state index in [0.29, 0.717) is 74.7 Å². The highest BCUT2D eigenvalue weighted by Crippen LogP contribution is 2.41. The van der Waals surface area contributed by atoms with E-state index in [4.69, 9.17) is 19.9 Å². The van der Waals surface area contributed by atoms with E-state index in [1.807, 2.05) is 81.4 Å². The van der Waals surface area contributed by atoms with Crippen LogP contribution in [0.5, 0.6) is 17.2 Å². The van der Waals surface area contributed by atoms with Gasteiger partial charge < -0.3 is 35.9 Å². The molecule has 5 N–H and O–H groups in total. The monoisotopic (exact) mass is 708 g/mol. The van der Waals surface area contributed by atoms with Gasteiger partial charge in [-0.05, 0) is 110 Å². The SMILES string of the molecule is CC(C)(C)OC(=O)NCCCC[C@H]1CC(=O)NCCc2cc(Br)c(OCc3ccccc3)c(c2)Oc2ccc(cc2N)CCC(=O)N1. The number of ether oxygens (including phenoxy) is 3. The summed E-state index contributed by atoms with van der Waals surface area (Å²) in [6.45, 7) is 6.62. The maximum Gasteiger partial charge on any atom is 0.407 e. The van der Waals surface area contributed by atoms with Crippen molar-refractivity contribution in [3.63, 3.8) is 0 Å². The first-order valence-electron chi connectivity index (χ1n) is 16.0. The molecule has 252 valence electrons. The second kappa shape index (κ2) is 17.1. The van der Waals surface area contributed by atoms with E-state index in [0.717, 1.165) is 21.2 Å². The van der Waals surface area contributed by atoms with Crippen LogP contribution in [0.3, 0.4) is 0 Å². The number of nitrogens with one attached hydrogen (secondary N) is 3. The van der Waals surface area contributed by atoms with Crippen LogP contribution in [0, 0.1) is 0 Å². The molecule has 47 heavy (non-hydrogen) atoms. The summed E-state index contributed by atoms with van der Waals surface area (Å²) in [6.07, 6.45) is 2.93. The van der Waals surface area contributed by atoms with Crippen LogP contribution in [0.25, 0.3) is 0 Å². The number of halogens is 1. The maximum absolute atomic E-state index is 13.0. The average molecular weight is 710 g/mol. The van der Waals surface area contributed by atoms with Crippen molar-refractivity contribution in [3.05, 3.63) is 81.8 Å². The molecule has 0 unspecified atom stereocenters. The number of amides is 3. The number of nitrogens with two attached hydrogens (primary N) is 1. The first-order chi connectivity index (χ1) is 22.4. The van der Waals surface area contributed by atoms with Gasteiger partial charge in [-0.2, -0.15) is 0 Å². The molecule has 0 spiro atoms. The third-order valence-electron chi connectivity index (χ3n) is 7.41. The fraction of sp³-hybridized carbons (Fsp3) is 0.417. The van der Waals surface area contributed by atoms with E-state index in [2.05, 4.69) is 31.9 Å². The van der Waals surface area contributed by atoms with Gasteiger partial charge in [0, 0.05) is 32.0 Å². The van der Waals surface area contributed by atoms with Crippen LogP contribution in [-0.4, -0.2) is 42.6 Å². The van der Waals surface area contributed by atoms with E-state index < -0.39 is 11.7 Å². The minimum atomic E-state index is -0.565. The van der Waals surface area contributed by atoms with Crippen molar-refractivity contribution in [2.75, 3.05) is 18.8 Å². The minimum Gasteiger partial charge on any atom is -0.484 e. The number of carbonyl (C=O) groups is 3. The van der Waals surface area contributed by atoms with Crippen LogP contribution < -0.4 is 31.2 Å². The molecule has 2 aliphatic heterocycles. The largest absolute Gasteiger partial charge is 0.484 e. The van der Waals surface area contributed by atoms with Gasteiger partial charge in [0.25, 0.3) is 0 Å². The standard InChI is InChI=1S/C36H45BrN4O6/c1-36(2,3)47-35(44)40-17-8-7-11-27-22-33(43)39-18-16-26-19-28(37)34(45-23-25-9-5-4-6-10-25)31(21-26)46-30-14-12-24(20-29(30)38)13-15-32(42)41-27/h4-6,9-10,12,14,19-21,27H,7-8,11,13,15-18,22-23,38H2,1-3H3,(H,39,43)(H,40,44)(H,41,42)/t27-/m0/s1. The Bertz CT molecular complexity index is 1530. The number of fused-ring (bicyclic) bond motifs is 11. The summed E-state index contributed by atoms with van der Waals surface area (Å²) in [6, 6.07) is 18.9. The Morgan fingerprint density at radius 3 is 2.51 bits per heavy atom. The molecular weight excluding hydrogens is 664 g/mol. The molecule has 0 saturated heterocycles. The molecule has 0 saturated carbocycles. The third-order valence-corrected chi connectivity index (χ3v) is 8.00. The molecule has 3 aromatic rings. The predicted octanol–water partition coefficient (Wildman–Crippen LogP) is 6.58. The first kappa shape index (κ1) is 35.6. The number of nitrogen functional groups attached to an aromatic ring is 1. The summed E-state index contributed by atoms with van der Waals surface area (Å²) in [5.74, 6) is 1.22. The van der Waals surface area contributed by atoms with Gasteiger partial charge in [0.05, 0.1) is 10.2 Å². The van der Waals surface area contributed by atoms with Crippen molar-refractivity contribution in [1.29, 1.82) is 0 Å². The highest BCUT2D eigenvalue weighted by atomic mass is 79.9. The second-order valence-corrected chi connectivity index (χ2v) is 13.5. The Morgan fingerprint density at radius 1 is 0.979 bits per heavy atom. The number of benzene rings is 3. The van der Waals surface area contributed by atoms with Crippen molar-refractivity contribution in [3.8, 4) is 17.2 Å².